The number of hydrogen-bond acceptors (Lipinski definition) is 4. The Kier molecular flexibility index (Phi) is 7.83. The number of halogens is 4. The number of fused-ring (bicyclic) bond motifs is 1. The number of anilines is 3. The number of carbonyl (C=O) groups is 3. The molecule has 0 saturated carbocycles. The first-order valence-electron chi connectivity index (χ1n) is 10.6. The number of nitrogens with one attached hydrogen (secondary N) is 2. The van der Waals surface area contributed by atoms with E-state index in [0.717, 1.165) is 5.56 Å². The highest BCUT2D eigenvalue weighted by atomic mass is 35.5. The Bertz CT molecular complexity index is 1090. The van der Waals surface area contributed by atoms with E-state index < -0.39 is 42.9 Å². The standard InChI is InChI=1S/C23H24ClF3N4O3/c1-3-30(12-21(33)29-17-10-15(24)9-8-14(17)2)13-22(34)31-18-7-5-4-6-16(18)28-20(32)11-19(31)23(25,26)27/h4-10,19H,3,11-13H2,1-2H3,(H,28,32)(H,29,33). The van der Waals surface area contributed by atoms with Crippen LogP contribution >= 0.6 is 11.6 Å². The summed E-state index contributed by atoms with van der Waals surface area (Å²) in [5.74, 6) is -2.16. The van der Waals surface area contributed by atoms with E-state index in [-0.39, 0.29) is 24.5 Å². The van der Waals surface area contributed by atoms with Gasteiger partial charge in [0.15, 0.2) is 0 Å². The van der Waals surface area contributed by atoms with Crippen molar-refractivity contribution < 1.29 is 27.6 Å². The fourth-order valence-electron chi connectivity index (χ4n) is 3.66. The first-order chi connectivity index (χ1) is 16.0. The summed E-state index contributed by atoms with van der Waals surface area (Å²) in [5.41, 5.74) is 1.35. The van der Waals surface area contributed by atoms with Crippen LogP contribution in [0.4, 0.5) is 30.2 Å². The second-order valence-corrected chi connectivity index (χ2v) is 8.34. The van der Waals surface area contributed by atoms with Crippen molar-refractivity contribution >= 4 is 46.4 Å². The predicted molar refractivity (Wildman–Crippen MR) is 124 cm³/mol. The average Bonchev–Trinajstić information content (AvgIpc) is 2.91. The number of aryl methyl sites for hydroxylation is 1. The molecular formula is C23H24ClF3N4O3. The molecule has 7 nitrogen and oxygen atoms in total. The molecule has 0 aromatic heterocycles. The Morgan fingerprint density at radius 3 is 2.59 bits per heavy atom. The van der Waals surface area contributed by atoms with Gasteiger partial charge in [-0.3, -0.25) is 24.2 Å². The van der Waals surface area contributed by atoms with Crippen LogP contribution in [0.25, 0.3) is 0 Å². The molecule has 1 atom stereocenters. The van der Waals surface area contributed by atoms with Gasteiger partial charge in [0.25, 0.3) is 0 Å². The highest BCUT2D eigenvalue weighted by Crippen LogP contribution is 2.37. The highest BCUT2D eigenvalue weighted by molar-refractivity contribution is 6.31. The Morgan fingerprint density at radius 1 is 1.21 bits per heavy atom. The van der Waals surface area contributed by atoms with Crippen LogP contribution in [-0.4, -0.2) is 54.5 Å². The molecule has 0 aliphatic carbocycles. The second kappa shape index (κ2) is 10.4. The van der Waals surface area contributed by atoms with Gasteiger partial charge in [0.2, 0.25) is 17.7 Å². The molecule has 1 aliphatic rings. The fourth-order valence-corrected chi connectivity index (χ4v) is 3.84. The first-order valence-corrected chi connectivity index (χ1v) is 10.9. The molecule has 2 aromatic rings. The van der Waals surface area contributed by atoms with Gasteiger partial charge in [-0.05, 0) is 43.3 Å². The number of likely N-dealkylation sites (N-methyl/N-ethyl adjacent to an activating group) is 1. The molecule has 1 heterocycles. The Balaban J connectivity index is 1.81. The normalized spacial score (nSPS) is 16.0. The minimum absolute atomic E-state index is 0.0456. The van der Waals surface area contributed by atoms with Crippen molar-refractivity contribution in [2.24, 2.45) is 0 Å². The van der Waals surface area contributed by atoms with Crippen LogP contribution in [0.3, 0.4) is 0 Å². The molecule has 0 saturated heterocycles. The van der Waals surface area contributed by atoms with Crippen molar-refractivity contribution in [1.82, 2.24) is 4.90 Å². The number of para-hydroxylation sites is 2. The van der Waals surface area contributed by atoms with Gasteiger partial charge in [0, 0.05) is 10.7 Å². The number of hydrogen-bond donors (Lipinski definition) is 2. The van der Waals surface area contributed by atoms with Gasteiger partial charge in [-0.1, -0.05) is 36.7 Å². The number of amides is 3. The molecule has 2 N–H and O–H groups in total. The number of benzene rings is 2. The number of nitrogens with zero attached hydrogens (tertiary/aromatic N) is 2. The van der Waals surface area contributed by atoms with Crippen LogP contribution in [-0.2, 0) is 14.4 Å². The Hall–Kier alpha value is -3.11. The van der Waals surface area contributed by atoms with Crippen molar-refractivity contribution in [2.45, 2.75) is 32.5 Å². The van der Waals surface area contributed by atoms with Crippen LogP contribution in [0, 0.1) is 6.92 Å². The van der Waals surface area contributed by atoms with Gasteiger partial charge >= 0.3 is 6.18 Å². The van der Waals surface area contributed by atoms with E-state index in [1.165, 1.54) is 23.1 Å². The van der Waals surface area contributed by atoms with E-state index >= 15 is 0 Å². The molecule has 0 bridgehead atoms. The van der Waals surface area contributed by atoms with Crippen molar-refractivity contribution in [3.63, 3.8) is 0 Å². The Labute approximate surface area is 199 Å². The van der Waals surface area contributed by atoms with E-state index in [4.69, 9.17) is 11.6 Å². The van der Waals surface area contributed by atoms with Crippen LogP contribution in [0.1, 0.15) is 18.9 Å². The number of rotatable bonds is 6. The monoisotopic (exact) mass is 496 g/mol. The van der Waals surface area contributed by atoms with E-state index in [9.17, 15) is 27.6 Å². The molecule has 11 heteroatoms. The zero-order valence-electron chi connectivity index (χ0n) is 18.6. The smallest absolute Gasteiger partial charge is 0.325 e. The van der Waals surface area contributed by atoms with Crippen molar-refractivity contribution in [2.75, 3.05) is 35.2 Å². The largest absolute Gasteiger partial charge is 0.409 e. The van der Waals surface area contributed by atoms with Crippen molar-refractivity contribution in [1.29, 1.82) is 0 Å². The van der Waals surface area contributed by atoms with Crippen LogP contribution in [0.5, 0.6) is 0 Å². The minimum Gasteiger partial charge on any atom is -0.325 e. The zero-order chi connectivity index (χ0) is 25.0. The third kappa shape index (κ3) is 6.06. The summed E-state index contributed by atoms with van der Waals surface area (Å²) in [6.07, 6.45) is -5.76. The second-order valence-electron chi connectivity index (χ2n) is 7.90. The lowest BCUT2D eigenvalue weighted by Crippen LogP contribution is -2.53. The van der Waals surface area contributed by atoms with Gasteiger partial charge in [-0.2, -0.15) is 13.2 Å². The van der Waals surface area contributed by atoms with E-state index in [0.29, 0.717) is 15.6 Å². The van der Waals surface area contributed by atoms with Crippen LogP contribution in [0.2, 0.25) is 5.02 Å². The molecule has 0 radical (unpaired) electrons. The van der Waals surface area contributed by atoms with Crippen molar-refractivity contribution in [3.05, 3.63) is 53.1 Å². The summed E-state index contributed by atoms with van der Waals surface area (Å²) in [6.45, 7) is 3.03. The topological polar surface area (TPSA) is 81.8 Å². The number of carbonyl (C=O) groups excluding carboxylic acids is 3. The molecule has 34 heavy (non-hydrogen) atoms. The third-order valence-electron chi connectivity index (χ3n) is 5.42. The summed E-state index contributed by atoms with van der Waals surface area (Å²) >= 11 is 5.97. The maximum absolute atomic E-state index is 13.9. The SMILES string of the molecule is CCN(CC(=O)Nc1cc(Cl)ccc1C)CC(=O)N1c2ccccc2NC(=O)CC1C(F)(F)F. The average molecular weight is 497 g/mol. The van der Waals surface area contributed by atoms with E-state index in [1.54, 1.807) is 38.1 Å². The summed E-state index contributed by atoms with van der Waals surface area (Å²) in [4.78, 5) is 39.9. The molecule has 2 aromatic carbocycles. The van der Waals surface area contributed by atoms with Gasteiger partial charge < -0.3 is 10.6 Å². The van der Waals surface area contributed by atoms with Crippen LogP contribution < -0.4 is 15.5 Å². The summed E-state index contributed by atoms with van der Waals surface area (Å²) < 4.78 is 41.6. The molecule has 3 amide bonds. The summed E-state index contributed by atoms with van der Waals surface area (Å²) in [5, 5.41) is 5.57. The minimum atomic E-state index is -4.83. The molecule has 3 rings (SSSR count). The first kappa shape index (κ1) is 25.5. The maximum Gasteiger partial charge on any atom is 0.409 e. The lowest BCUT2D eigenvalue weighted by molar-refractivity contribution is -0.158. The predicted octanol–water partition coefficient (Wildman–Crippen LogP) is 4.22. The summed E-state index contributed by atoms with van der Waals surface area (Å²) in [7, 11) is 0. The van der Waals surface area contributed by atoms with E-state index in [2.05, 4.69) is 10.6 Å². The molecule has 0 spiro atoms. The maximum atomic E-state index is 13.9. The van der Waals surface area contributed by atoms with Gasteiger partial charge in [-0.15, -0.1) is 0 Å². The zero-order valence-corrected chi connectivity index (χ0v) is 19.3. The fraction of sp³-hybridized carbons (Fsp3) is 0.348. The Morgan fingerprint density at radius 2 is 1.91 bits per heavy atom. The third-order valence-corrected chi connectivity index (χ3v) is 5.66. The molecule has 1 aliphatic heterocycles. The highest BCUT2D eigenvalue weighted by Gasteiger charge is 2.49. The van der Waals surface area contributed by atoms with Gasteiger partial charge in [0.05, 0.1) is 30.9 Å². The number of alkyl halides is 3. The van der Waals surface area contributed by atoms with Gasteiger partial charge in [-0.25, -0.2) is 0 Å². The lowest BCUT2D eigenvalue weighted by Gasteiger charge is -2.33. The molecule has 182 valence electrons. The quantitative estimate of drug-likeness (QED) is 0.627. The molecular weight excluding hydrogens is 473 g/mol. The molecule has 0 fully saturated rings. The molecule has 1 unspecified atom stereocenters. The van der Waals surface area contributed by atoms with E-state index in [1.807, 2.05) is 0 Å². The summed E-state index contributed by atoms with van der Waals surface area (Å²) in [6, 6.07) is 8.50. The van der Waals surface area contributed by atoms with Crippen LogP contribution in [0.15, 0.2) is 42.5 Å². The van der Waals surface area contributed by atoms with Gasteiger partial charge in [0.1, 0.15) is 6.04 Å². The van der Waals surface area contributed by atoms with Crippen molar-refractivity contribution in [3.8, 4) is 0 Å². The lowest BCUT2D eigenvalue weighted by atomic mass is 10.1.